The average molecular weight is 538 g/mol. The summed E-state index contributed by atoms with van der Waals surface area (Å²) >= 11 is 0. The van der Waals surface area contributed by atoms with Gasteiger partial charge in [-0.3, -0.25) is 14.4 Å². The van der Waals surface area contributed by atoms with Gasteiger partial charge >= 0.3 is 5.97 Å². The van der Waals surface area contributed by atoms with Crippen molar-refractivity contribution in [3.05, 3.63) is 65.7 Å². The van der Waals surface area contributed by atoms with Crippen molar-refractivity contribution in [3.63, 3.8) is 0 Å². The predicted octanol–water partition coefficient (Wildman–Crippen LogP) is 1.30. The van der Waals surface area contributed by atoms with Crippen LogP contribution >= 0.6 is 0 Å². The maximum Gasteiger partial charge on any atom is 0.329 e. The number of amides is 3. The van der Waals surface area contributed by atoms with Crippen molar-refractivity contribution in [3.8, 4) is 5.75 Å². The third-order valence-electron chi connectivity index (χ3n) is 7.45. The Labute approximate surface area is 227 Å². The summed E-state index contributed by atoms with van der Waals surface area (Å²) in [4.78, 5) is 52.5. The Morgan fingerprint density at radius 3 is 2.31 bits per heavy atom. The number of carbonyl (C=O) groups is 4. The van der Waals surface area contributed by atoms with Gasteiger partial charge in [-0.25, -0.2) is 4.79 Å². The van der Waals surface area contributed by atoms with E-state index in [0.717, 1.165) is 18.4 Å². The van der Waals surface area contributed by atoms with Crippen LogP contribution in [-0.4, -0.2) is 64.7 Å². The van der Waals surface area contributed by atoms with Crippen molar-refractivity contribution in [1.29, 1.82) is 0 Å². The number of para-hydroxylation sites is 1. The molecule has 2 aromatic carbocycles. The second-order valence-corrected chi connectivity index (χ2v) is 10.4. The van der Waals surface area contributed by atoms with Gasteiger partial charge in [0.1, 0.15) is 17.9 Å². The van der Waals surface area contributed by atoms with Crippen molar-refractivity contribution in [2.24, 2.45) is 17.8 Å². The van der Waals surface area contributed by atoms with E-state index in [1.807, 2.05) is 30.3 Å². The number of phenolic OH excluding ortho intramolecular Hbond substituents is 1. The highest BCUT2D eigenvalue weighted by atomic mass is 16.5. The molecule has 4 rings (SSSR count). The van der Waals surface area contributed by atoms with E-state index in [1.165, 1.54) is 12.1 Å². The molecule has 5 N–H and O–H groups in total. The second kappa shape index (κ2) is 12.3. The van der Waals surface area contributed by atoms with Crippen LogP contribution in [0.1, 0.15) is 42.6 Å². The molecule has 2 aliphatic rings. The Morgan fingerprint density at radius 1 is 0.974 bits per heavy atom. The number of phenols is 1. The van der Waals surface area contributed by atoms with E-state index in [2.05, 4.69) is 16.0 Å². The lowest BCUT2D eigenvalue weighted by Crippen LogP contribution is -2.57. The molecule has 39 heavy (non-hydrogen) atoms. The van der Waals surface area contributed by atoms with Gasteiger partial charge in [0.25, 0.3) is 5.91 Å². The van der Waals surface area contributed by atoms with Crippen molar-refractivity contribution in [2.75, 3.05) is 6.54 Å². The number of cyclic esters (lactones) is 1. The van der Waals surface area contributed by atoms with Gasteiger partial charge in [0.05, 0.1) is 29.5 Å². The standard InChI is InChI=1S/C29H35N3O7/c1-16-25(34)22(14-18-8-4-3-5-9-18)31-28(37)21(15-30-27(36)20-10-6-7-11-23(20)33)17(2)39-29(38)24(19-12-13-19)32-26(16)35/h3-11,16-17,19,21-22,24-25,33-34H,12-15H2,1-2H3,(H,30,36)(H,31,37)(H,32,35)/t16-,17-,21?,22+,24?,25+/m1/s1. The molecule has 1 aliphatic heterocycles. The molecule has 10 nitrogen and oxygen atoms in total. The Bertz CT molecular complexity index is 1200. The highest BCUT2D eigenvalue weighted by Crippen LogP contribution is 2.34. The average Bonchev–Trinajstić information content (AvgIpc) is 3.76. The quantitative estimate of drug-likeness (QED) is 0.348. The van der Waals surface area contributed by atoms with Crippen LogP contribution < -0.4 is 16.0 Å². The van der Waals surface area contributed by atoms with Gasteiger partial charge in [-0.1, -0.05) is 49.4 Å². The number of hydrogen-bond donors (Lipinski definition) is 5. The number of hydrogen-bond acceptors (Lipinski definition) is 7. The lowest BCUT2D eigenvalue weighted by Gasteiger charge is -2.33. The largest absolute Gasteiger partial charge is 0.507 e. The topological polar surface area (TPSA) is 154 Å². The van der Waals surface area contributed by atoms with Crippen LogP contribution in [0.4, 0.5) is 0 Å². The lowest BCUT2D eigenvalue weighted by molar-refractivity contribution is -0.158. The van der Waals surface area contributed by atoms with Gasteiger partial charge in [-0.15, -0.1) is 0 Å². The summed E-state index contributed by atoms with van der Waals surface area (Å²) in [5.41, 5.74) is 0.889. The van der Waals surface area contributed by atoms with Crippen molar-refractivity contribution in [2.45, 2.75) is 57.4 Å². The van der Waals surface area contributed by atoms with Crippen LogP contribution in [0.3, 0.4) is 0 Å². The summed E-state index contributed by atoms with van der Waals surface area (Å²) < 4.78 is 5.67. The van der Waals surface area contributed by atoms with E-state index in [4.69, 9.17) is 4.74 Å². The fourth-order valence-corrected chi connectivity index (χ4v) is 4.78. The van der Waals surface area contributed by atoms with Gasteiger partial charge in [-0.05, 0) is 49.8 Å². The third-order valence-corrected chi connectivity index (χ3v) is 7.45. The minimum Gasteiger partial charge on any atom is -0.507 e. The van der Waals surface area contributed by atoms with Crippen molar-refractivity contribution >= 4 is 23.7 Å². The normalized spacial score (nSPS) is 28.2. The van der Waals surface area contributed by atoms with Crippen molar-refractivity contribution in [1.82, 2.24) is 16.0 Å². The monoisotopic (exact) mass is 537 g/mol. The summed E-state index contributed by atoms with van der Waals surface area (Å²) in [5, 5.41) is 29.5. The number of benzene rings is 2. The van der Waals surface area contributed by atoms with Gasteiger partial charge < -0.3 is 30.9 Å². The molecule has 0 spiro atoms. The highest BCUT2D eigenvalue weighted by molar-refractivity contribution is 5.97. The van der Waals surface area contributed by atoms with Gasteiger partial charge in [0.2, 0.25) is 11.8 Å². The van der Waals surface area contributed by atoms with Crippen molar-refractivity contribution < 1.29 is 34.1 Å². The molecule has 0 aromatic heterocycles. The predicted molar refractivity (Wildman–Crippen MR) is 141 cm³/mol. The summed E-state index contributed by atoms with van der Waals surface area (Å²) in [6, 6.07) is 13.5. The first-order valence-corrected chi connectivity index (χ1v) is 13.2. The van der Waals surface area contributed by atoms with E-state index >= 15 is 0 Å². The van der Waals surface area contributed by atoms with E-state index in [0.29, 0.717) is 0 Å². The number of aromatic hydroxyl groups is 1. The SMILES string of the molecule is C[C@H]1OC(=O)C(C2CC2)NC(=O)[C@H](C)[C@H](O)[C@H](Cc2ccccc2)NC(=O)C1CNC(=O)c1ccccc1O. The van der Waals surface area contributed by atoms with Crippen LogP contribution in [0.15, 0.2) is 54.6 Å². The zero-order valence-corrected chi connectivity index (χ0v) is 22.0. The number of esters is 1. The molecule has 1 saturated heterocycles. The Kier molecular flexibility index (Phi) is 8.86. The summed E-state index contributed by atoms with van der Waals surface area (Å²) in [5.74, 6) is -4.53. The Balaban J connectivity index is 1.61. The molecule has 208 valence electrons. The number of rotatable bonds is 6. The smallest absolute Gasteiger partial charge is 0.329 e. The minimum absolute atomic E-state index is 0.0402. The van der Waals surface area contributed by atoms with Crippen LogP contribution in [0, 0.1) is 17.8 Å². The molecule has 3 amide bonds. The van der Waals surface area contributed by atoms with Gasteiger partial charge in [0.15, 0.2) is 0 Å². The molecule has 2 aromatic rings. The lowest BCUT2D eigenvalue weighted by atomic mass is 9.90. The molecule has 10 heteroatoms. The van der Waals surface area contributed by atoms with Crippen LogP contribution in [0.5, 0.6) is 5.75 Å². The first kappa shape index (κ1) is 28.1. The summed E-state index contributed by atoms with van der Waals surface area (Å²) in [6.07, 6.45) is -0.462. The van der Waals surface area contributed by atoms with Gasteiger partial charge in [-0.2, -0.15) is 0 Å². The van der Waals surface area contributed by atoms with E-state index < -0.39 is 59.8 Å². The summed E-state index contributed by atoms with van der Waals surface area (Å²) in [7, 11) is 0. The minimum atomic E-state index is -1.25. The molecule has 1 aliphatic carbocycles. The zero-order chi connectivity index (χ0) is 28.1. The Hall–Kier alpha value is -3.92. The number of aliphatic hydroxyl groups is 1. The van der Waals surface area contributed by atoms with E-state index in [1.54, 1.807) is 26.0 Å². The van der Waals surface area contributed by atoms with Crippen LogP contribution in [-0.2, 0) is 25.5 Å². The third kappa shape index (κ3) is 6.94. The molecule has 0 bridgehead atoms. The summed E-state index contributed by atoms with van der Waals surface area (Å²) in [6.45, 7) is 2.91. The van der Waals surface area contributed by atoms with Crippen LogP contribution in [0.25, 0.3) is 0 Å². The first-order valence-electron chi connectivity index (χ1n) is 13.2. The number of carbonyl (C=O) groups excluding carboxylic acids is 4. The zero-order valence-electron chi connectivity index (χ0n) is 22.0. The van der Waals surface area contributed by atoms with E-state index in [9.17, 15) is 29.4 Å². The van der Waals surface area contributed by atoms with Crippen LogP contribution in [0.2, 0.25) is 0 Å². The Morgan fingerprint density at radius 2 is 1.64 bits per heavy atom. The molecular weight excluding hydrogens is 502 g/mol. The molecule has 6 atom stereocenters. The fraction of sp³-hybridized carbons (Fsp3) is 0.448. The second-order valence-electron chi connectivity index (χ2n) is 10.4. The first-order chi connectivity index (χ1) is 18.7. The van der Waals surface area contributed by atoms with E-state index in [-0.39, 0.29) is 30.2 Å². The molecule has 0 radical (unpaired) electrons. The van der Waals surface area contributed by atoms with Gasteiger partial charge in [0, 0.05) is 6.54 Å². The molecule has 2 fully saturated rings. The fourth-order valence-electron chi connectivity index (χ4n) is 4.78. The molecule has 1 heterocycles. The number of ether oxygens (including phenoxy) is 1. The number of aliphatic hydroxyl groups excluding tert-OH is 1. The molecular formula is C29H35N3O7. The molecule has 2 unspecified atom stereocenters. The maximum atomic E-state index is 13.6. The highest BCUT2D eigenvalue weighted by Gasteiger charge is 2.43. The number of nitrogens with one attached hydrogen (secondary N) is 3. The molecule has 1 saturated carbocycles. The maximum absolute atomic E-state index is 13.6.